The van der Waals surface area contributed by atoms with E-state index in [1.54, 1.807) is 0 Å². The van der Waals surface area contributed by atoms with Crippen LogP contribution >= 0.6 is 0 Å². The van der Waals surface area contributed by atoms with Gasteiger partial charge in [0.2, 0.25) is 0 Å². The highest BCUT2D eigenvalue weighted by Crippen LogP contribution is 2.29. The van der Waals surface area contributed by atoms with Crippen LogP contribution in [0.5, 0.6) is 0 Å². The van der Waals surface area contributed by atoms with Gasteiger partial charge in [0.25, 0.3) is 5.91 Å². The van der Waals surface area contributed by atoms with Crippen molar-refractivity contribution >= 4 is 5.91 Å². The Balaban J connectivity index is 1.98. The molecule has 17 heavy (non-hydrogen) atoms. The molecule has 0 aromatic heterocycles. The third-order valence-corrected chi connectivity index (χ3v) is 2.35. The minimum Gasteiger partial charge on any atom is -0.363 e. The topological polar surface area (TPSA) is 41.6 Å². The third kappa shape index (κ3) is 3.20. The van der Waals surface area contributed by atoms with E-state index in [-0.39, 0.29) is 12.5 Å². The van der Waals surface area contributed by atoms with Gasteiger partial charge in [-0.1, -0.05) is 12.1 Å². The van der Waals surface area contributed by atoms with Gasteiger partial charge in [-0.3, -0.25) is 4.79 Å². The normalized spacial score (nSPS) is 18.9. The molecule has 1 saturated heterocycles. The Morgan fingerprint density at radius 2 is 2.18 bits per heavy atom. The van der Waals surface area contributed by atoms with Crippen molar-refractivity contribution < 1.29 is 22.7 Å². The van der Waals surface area contributed by atoms with Crippen molar-refractivity contribution in [2.75, 3.05) is 6.61 Å². The molecule has 3 nitrogen and oxygen atoms in total. The molecule has 1 unspecified atom stereocenters. The molecule has 1 aliphatic rings. The van der Waals surface area contributed by atoms with E-state index in [2.05, 4.69) is 5.32 Å². The molecule has 1 aromatic rings. The number of alkyl halides is 3. The second kappa shape index (κ2) is 4.37. The Bertz CT molecular complexity index is 427. The van der Waals surface area contributed by atoms with Gasteiger partial charge in [0.15, 0.2) is 6.10 Å². The first-order chi connectivity index (χ1) is 7.97. The van der Waals surface area contributed by atoms with Crippen LogP contribution < -0.4 is 5.32 Å². The van der Waals surface area contributed by atoms with E-state index >= 15 is 0 Å². The highest BCUT2D eigenvalue weighted by molar-refractivity contribution is 5.82. The van der Waals surface area contributed by atoms with Gasteiger partial charge in [-0.2, -0.15) is 13.2 Å². The van der Waals surface area contributed by atoms with Crippen molar-refractivity contribution in [1.29, 1.82) is 0 Å². The summed E-state index contributed by atoms with van der Waals surface area (Å²) in [6.45, 7) is 0.455. The molecular weight excluding hydrogens is 235 g/mol. The van der Waals surface area contributed by atoms with Crippen LogP contribution in [0.4, 0.5) is 13.2 Å². The lowest BCUT2D eigenvalue weighted by Crippen LogP contribution is -2.27. The van der Waals surface area contributed by atoms with Gasteiger partial charge in [-0.25, -0.2) is 0 Å². The number of hydrogen-bond acceptors (Lipinski definition) is 2. The smallest absolute Gasteiger partial charge is 0.363 e. The number of hydrogen-bond donors (Lipinski definition) is 1. The Morgan fingerprint density at radius 1 is 1.47 bits per heavy atom. The van der Waals surface area contributed by atoms with Crippen molar-refractivity contribution in [2.24, 2.45) is 0 Å². The van der Waals surface area contributed by atoms with Crippen LogP contribution in [0.15, 0.2) is 24.3 Å². The van der Waals surface area contributed by atoms with Crippen LogP contribution in [-0.2, 0) is 22.3 Å². The number of amides is 1. The maximum Gasteiger partial charge on any atom is 0.416 e. The van der Waals surface area contributed by atoms with Gasteiger partial charge in [0.1, 0.15) is 0 Å². The predicted octanol–water partition coefficient (Wildman–Crippen LogP) is 1.72. The van der Waals surface area contributed by atoms with Crippen molar-refractivity contribution in [3.63, 3.8) is 0 Å². The lowest BCUT2D eigenvalue weighted by Gasteiger charge is -2.09. The molecule has 1 heterocycles. The SMILES string of the molecule is O=C(NCc1cccc(C(F)(F)F)c1)C1CO1. The third-order valence-electron chi connectivity index (χ3n) is 2.35. The average Bonchev–Trinajstić information content (AvgIpc) is 3.09. The minimum atomic E-state index is -4.36. The molecule has 6 heteroatoms. The zero-order valence-corrected chi connectivity index (χ0v) is 8.75. The zero-order chi connectivity index (χ0) is 12.5. The minimum absolute atomic E-state index is 0.0720. The van der Waals surface area contributed by atoms with Gasteiger partial charge in [0, 0.05) is 6.54 Å². The monoisotopic (exact) mass is 245 g/mol. The number of carbonyl (C=O) groups excluding carboxylic acids is 1. The van der Waals surface area contributed by atoms with E-state index in [0.717, 1.165) is 12.1 Å². The van der Waals surface area contributed by atoms with E-state index in [1.807, 2.05) is 0 Å². The number of nitrogens with one attached hydrogen (secondary N) is 1. The van der Waals surface area contributed by atoms with Crippen LogP contribution in [0, 0.1) is 0 Å². The second-order valence-electron chi connectivity index (χ2n) is 3.74. The highest BCUT2D eigenvalue weighted by Gasteiger charge is 2.32. The molecule has 1 aliphatic heterocycles. The van der Waals surface area contributed by atoms with Crippen molar-refractivity contribution in [3.05, 3.63) is 35.4 Å². The molecule has 1 fully saturated rings. The number of benzene rings is 1. The number of halogens is 3. The Kier molecular flexibility index (Phi) is 3.06. The van der Waals surface area contributed by atoms with E-state index in [9.17, 15) is 18.0 Å². The zero-order valence-electron chi connectivity index (χ0n) is 8.75. The van der Waals surface area contributed by atoms with Gasteiger partial charge >= 0.3 is 6.18 Å². The lowest BCUT2D eigenvalue weighted by molar-refractivity contribution is -0.137. The summed E-state index contributed by atoms with van der Waals surface area (Å²) in [6, 6.07) is 4.87. The number of rotatable bonds is 3. The summed E-state index contributed by atoms with van der Waals surface area (Å²) in [5, 5.41) is 2.51. The van der Waals surface area contributed by atoms with Gasteiger partial charge in [0.05, 0.1) is 12.2 Å². The molecular formula is C11H10F3NO2. The lowest BCUT2D eigenvalue weighted by atomic mass is 10.1. The maximum absolute atomic E-state index is 12.4. The van der Waals surface area contributed by atoms with Crippen molar-refractivity contribution in [2.45, 2.75) is 18.8 Å². The molecule has 1 atom stereocenters. The molecule has 0 saturated carbocycles. The van der Waals surface area contributed by atoms with Crippen molar-refractivity contribution in [3.8, 4) is 0 Å². The second-order valence-corrected chi connectivity index (χ2v) is 3.74. The molecule has 92 valence electrons. The van der Waals surface area contributed by atoms with Crippen molar-refractivity contribution in [1.82, 2.24) is 5.32 Å². The molecule has 1 amide bonds. The van der Waals surface area contributed by atoms with Gasteiger partial charge in [-0.05, 0) is 17.7 Å². The highest BCUT2D eigenvalue weighted by atomic mass is 19.4. The Labute approximate surface area is 95.6 Å². The number of carbonyl (C=O) groups is 1. The molecule has 0 aliphatic carbocycles. The molecule has 0 radical (unpaired) electrons. The van der Waals surface area contributed by atoms with E-state index in [4.69, 9.17) is 4.74 Å². The fourth-order valence-electron chi connectivity index (χ4n) is 1.36. The summed E-state index contributed by atoms with van der Waals surface area (Å²) in [6.07, 6.45) is -4.79. The first-order valence-electron chi connectivity index (χ1n) is 5.02. The molecule has 1 N–H and O–H groups in total. The molecule has 2 rings (SSSR count). The fourth-order valence-corrected chi connectivity index (χ4v) is 1.36. The van der Waals surface area contributed by atoms with E-state index in [1.165, 1.54) is 12.1 Å². The van der Waals surface area contributed by atoms with Crippen LogP contribution in [0.1, 0.15) is 11.1 Å². The summed E-state index contributed by atoms with van der Waals surface area (Å²) in [4.78, 5) is 11.2. The fraction of sp³-hybridized carbons (Fsp3) is 0.364. The summed E-state index contributed by atoms with van der Waals surface area (Å²) in [5.74, 6) is -0.289. The number of ether oxygens (including phenoxy) is 1. The quantitative estimate of drug-likeness (QED) is 0.824. The standard InChI is InChI=1S/C11H10F3NO2/c12-11(13,14)8-3-1-2-7(4-8)5-15-10(16)9-6-17-9/h1-4,9H,5-6H2,(H,15,16). The molecule has 0 spiro atoms. The Morgan fingerprint density at radius 3 is 2.76 bits per heavy atom. The Hall–Kier alpha value is -1.56. The van der Waals surface area contributed by atoms with Gasteiger partial charge < -0.3 is 10.1 Å². The molecule has 0 bridgehead atoms. The summed E-state index contributed by atoms with van der Waals surface area (Å²) in [5.41, 5.74) is -0.305. The largest absolute Gasteiger partial charge is 0.416 e. The first kappa shape index (κ1) is 11.9. The van der Waals surface area contributed by atoms with E-state index in [0.29, 0.717) is 12.2 Å². The van der Waals surface area contributed by atoms with Crippen LogP contribution in [0.2, 0.25) is 0 Å². The first-order valence-corrected chi connectivity index (χ1v) is 5.02. The van der Waals surface area contributed by atoms with Crippen LogP contribution in [-0.4, -0.2) is 18.6 Å². The number of epoxide rings is 1. The average molecular weight is 245 g/mol. The summed E-state index contributed by atoms with van der Waals surface area (Å²) in [7, 11) is 0. The molecule has 1 aromatic carbocycles. The van der Waals surface area contributed by atoms with Gasteiger partial charge in [-0.15, -0.1) is 0 Å². The van der Waals surface area contributed by atoms with Crippen LogP contribution in [0.3, 0.4) is 0 Å². The summed E-state index contributed by atoms with van der Waals surface area (Å²) < 4.78 is 41.9. The van der Waals surface area contributed by atoms with Crippen LogP contribution in [0.25, 0.3) is 0 Å². The maximum atomic E-state index is 12.4. The summed E-state index contributed by atoms with van der Waals surface area (Å²) >= 11 is 0. The van der Waals surface area contributed by atoms with E-state index < -0.39 is 17.8 Å². The predicted molar refractivity (Wildman–Crippen MR) is 53.0 cm³/mol.